The third kappa shape index (κ3) is 3.83. The van der Waals surface area contributed by atoms with Gasteiger partial charge in [-0.05, 0) is 40.8 Å². The van der Waals surface area contributed by atoms with Gasteiger partial charge in [0.2, 0.25) is 0 Å². The van der Waals surface area contributed by atoms with Gasteiger partial charge in [-0.3, -0.25) is 4.79 Å². The second-order valence-corrected chi connectivity index (χ2v) is 4.73. The van der Waals surface area contributed by atoms with Crippen LogP contribution in [-0.4, -0.2) is 19.6 Å². The first-order chi connectivity index (χ1) is 6.61. The van der Waals surface area contributed by atoms with Gasteiger partial charge in [-0.2, -0.15) is 0 Å². The summed E-state index contributed by atoms with van der Waals surface area (Å²) in [5.41, 5.74) is 0. The molecule has 0 saturated heterocycles. The van der Waals surface area contributed by atoms with Crippen LogP contribution in [0.25, 0.3) is 0 Å². The number of hydrogen-bond donors (Lipinski definition) is 1. The highest BCUT2D eigenvalue weighted by atomic mass is 127. The molecule has 76 valence electrons. The lowest BCUT2D eigenvalue weighted by Crippen LogP contribution is -2.24. The molecule has 1 N–H and O–H groups in total. The summed E-state index contributed by atoms with van der Waals surface area (Å²) in [7, 11) is 1.58. The molecule has 1 aromatic rings. The molecular formula is C9H9BrINO2. The second kappa shape index (κ2) is 5.55. The van der Waals surface area contributed by atoms with E-state index in [1.54, 1.807) is 7.05 Å². The number of carbonyl (C=O) groups is 1. The molecule has 0 unspecified atom stereocenters. The normalized spacial score (nSPS) is 9.64. The highest BCUT2D eigenvalue weighted by molar-refractivity contribution is 14.1. The van der Waals surface area contributed by atoms with Gasteiger partial charge in [-0.15, -0.1) is 0 Å². The van der Waals surface area contributed by atoms with E-state index in [-0.39, 0.29) is 12.5 Å². The van der Waals surface area contributed by atoms with E-state index in [1.807, 2.05) is 18.2 Å². The van der Waals surface area contributed by atoms with Gasteiger partial charge in [-0.1, -0.05) is 15.9 Å². The van der Waals surface area contributed by atoms with E-state index in [0.29, 0.717) is 5.75 Å². The Morgan fingerprint density at radius 2 is 2.29 bits per heavy atom. The molecule has 0 radical (unpaired) electrons. The van der Waals surface area contributed by atoms with E-state index in [0.717, 1.165) is 8.04 Å². The fourth-order valence-electron chi connectivity index (χ4n) is 0.833. The molecule has 1 aromatic carbocycles. The van der Waals surface area contributed by atoms with Crippen molar-refractivity contribution in [2.75, 3.05) is 13.7 Å². The van der Waals surface area contributed by atoms with Crippen LogP contribution in [-0.2, 0) is 4.79 Å². The number of hydrogen-bond acceptors (Lipinski definition) is 2. The van der Waals surface area contributed by atoms with Crippen molar-refractivity contribution in [3.63, 3.8) is 0 Å². The van der Waals surface area contributed by atoms with Crippen LogP contribution in [0.5, 0.6) is 5.75 Å². The maximum atomic E-state index is 10.9. The van der Waals surface area contributed by atoms with Gasteiger partial charge in [0, 0.05) is 15.1 Å². The highest BCUT2D eigenvalue weighted by Crippen LogP contribution is 2.22. The number of benzene rings is 1. The number of halogens is 2. The Morgan fingerprint density at radius 1 is 1.57 bits per heavy atom. The zero-order valence-corrected chi connectivity index (χ0v) is 11.3. The summed E-state index contributed by atoms with van der Waals surface area (Å²) in [5, 5.41) is 2.49. The zero-order chi connectivity index (χ0) is 10.6. The van der Waals surface area contributed by atoms with Gasteiger partial charge in [0.05, 0.1) is 0 Å². The molecule has 3 nitrogen and oxygen atoms in total. The molecule has 0 aliphatic rings. The van der Waals surface area contributed by atoms with Crippen LogP contribution in [0.4, 0.5) is 0 Å². The smallest absolute Gasteiger partial charge is 0.257 e. The van der Waals surface area contributed by atoms with Crippen molar-refractivity contribution in [1.82, 2.24) is 5.32 Å². The summed E-state index contributed by atoms with van der Waals surface area (Å²) in [4.78, 5) is 10.9. The first kappa shape index (κ1) is 11.8. The largest absolute Gasteiger partial charge is 0.484 e. The third-order valence-electron chi connectivity index (χ3n) is 1.48. The Kier molecular flexibility index (Phi) is 4.67. The van der Waals surface area contributed by atoms with Crippen molar-refractivity contribution < 1.29 is 9.53 Å². The predicted octanol–water partition coefficient (Wildman–Crippen LogP) is 2.18. The van der Waals surface area contributed by atoms with Crippen LogP contribution in [0.15, 0.2) is 22.7 Å². The van der Waals surface area contributed by atoms with Crippen LogP contribution in [0, 0.1) is 3.57 Å². The molecule has 5 heteroatoms. The Hall–Kier alpha value is -0.300. The molecule has 1 amide bonds. The van der Waals surface area contributed by atoms with Gasteiger partial charge in [0.15, 0.2) is 6.61 Å². The molecule has 0 bridgehead atoms. The fourth-order valence-corrected chi connectivity index (χ4v) is 2.38. The molecule has 0 aliphatic heterocycles. The average Bonchev–Trinajstić information content (AvgIpc) is 2.12. The van der Waals surface area contributed by atoms with E-state index in [1.165, 1.54) is 0 Å². The van der Waals surface area contributed by atoms with E-state index in [9.17, 15) is 4.79 Å². The lowest BCUT2D eigenvalue weighted by molar-refractivity contribution is -0.122. The van der Waals surface area contributed by atoms with E-state index in [4.69, 9.17) is 4.74 Å². The minimum atomic E-state index is -0.139. The Balaban J connectivity index is 2.63. The van der Waals surface area contributed by atoms with Crippen molar-refractivity contribution in [1.29, 1.82) is 0 Å². The van der Waals surface area contributed by atoms with Gasteiger partial charge in [0.25, 0.3) is 5.91 Å². The van der Waals surface area contributed by atoms with E-state index >= 15 is 0 Å². The van der Waals surface area contributed by atoms with Crippen molar-refractivity contribution in [3.05, 3.63) is 26.2 Å². The van der Waals surface area contributed by atoms with E-state index < -0.39 is 0 Å². The molecule has 0 fully saturated rings. The topological polar surface area (TPSA) is 38.3 Å². The Morgan fingerprint density at radius 3 is 2.86 bits per heavy atom. The third-order valence-corrected chi connectivity index (χ3v) is 2.57. The number of amides is 1. The van der Waals surface area contributed by atoms with Crippen LogP contribution >= 0.6 is 38.5 Å². The average molecular weight is 370 g/mol. The lowest BCUT2D eigenvalue weighted by Gasteiger charge is -2.05. The summed E-state index contributed by atoms with van der Waals surface area (Å²) >= 11 is 5.54. The molecule has 0 aliphatic carbocycles. The monoisotopic (exact) mass is 369 g/mol. The molecule has 0 heterocycles. The number of ether oxygens (including phenoxy) is 1. The molecule has 0 saturated carbocycles. The standard InChI is InChI=1S/C9H9BrINO2/c1-12-9(13)5-14-8-3-6(10)2-7(11)4-8/h2-4H,5H2,1H3,(H,12,13). The van der Waals surface area contributed by atoms with Crippen molar-refractivity contribution >= 4 is 44.4 Å². The minimum Gasteiger partial charge on any atom is -0.484 e. The van der Waals surface area contributed by atoms with Gasteiger partial charge >= 0.3 is 0 Å². The maximum Gasteiger partial charge on any atom is 0.257 e. The van der Waals surface area contributed by atoms with Gasteiger partial charge in [0.1, 0.15) is 5.75 Å². The molecule has 0 spiro atoms. The van der Waals surface area contributed by atoms with Crippen molar-refractivity contribution in [2.24, 2.45) is 0 Å². The van der Waals surface area contributed by atoms with Crippen LogP contribution in [0.3, 0.4) is 0 Å². The quantitative estimate of drug-likeness (QED) is 0.829. The molecule has 14 heavy (non-hydrogen) atoms. The minimum absolute atomic E-state index is 0.0447. The second-order valence-electron chi connectivity index (χ2n) is 2.57. The van der Waals surface area contributed by atoms with Crippen molar-refractivity contribution in [2.45, 2.75) is 0 Å². The SMILES string of the molecule is CNC(=O)COc1cc(Br)cc(I)c1. The fraction of sp³-hybridized carbons (Fsp3) is 0.222. The summed E-state index contributed by atoms with van der Waals surface area (Å²) < 4.78 is 7.27. The number of carbonyl (C=O) groups excluding carboxylic acids is 1. The van der Waals surface area contributed by atoms with Crippen molar-refractivity contribution in [3.8, 4) is 5.75 Å². The summed E-state index contributed by atoms with van der Waals surface area (Å²) in [6, 6.07) is 5.66. The molecular weight excluding hydrogens is 361 g/mol. The van der Waals surface area contributed by atoms with Gasteiger partial charge in [-0.25, -0.2) is 0 Å². The Labute approximate surface area is 104 Å². The zero-order valence-electron chi connectivity index (χ0n) is 7.51. The van der Waals surface area contributed by atoms with Crippen LogP contribution < -0.4 is 10.1 Å². The molecule has 1 rings (SSSR count). The summed E-state index contributed by atoms with van der Waals surface area (Å²) in [5.74, 6) is 0.548. The number of nitrogens with one attached hydrogen (secondary N) is 1. The number of likely N-dealkylation sites (N-methyl/N-ethyl adjacent to an activating group) is 1. The first-order valence-corrected chi connectivity index (χ1v) is 5.78. The van der Waals surface area contributed by atoms with E-state index in [2.05, 4.69) is 43.8 Å². The highest BCUT2D eigenvalue weighted by Gasteiger charge is 2.01. The summed E-state index contributed by atoms with van der Waals surface area (Å²) in [6.45, 7) is 0.0447. The van der Waals surface area contributed by atoms with Crippen LogP contribution in [0.2, 0.25) is 0 Å². The maximum absolute atomic E-state index is 10.9. The van der Waals surface area contributed by atoms with Crippen LogP contribution in [0.1, 0.15) is 0 Å². The predicted molar refractivity (Wildman–Crippen MR) is 66.4 cm³/mol. The summed E-state index contributed by atoms with van der Waals surface area (Å²) in [6.07, 6.45) is 0. The molecule has 0 aromatic heterocycles. The first-order valence-electron chi connectivity index (χ1n) is 3.91. The number of rotatable bonds is 3. The van der Waals surface area contributed by atoms with Gasteiger partial charge < -0.3 is 10.1 Å². The Bertz CT molecular complexity index is 323. The molecule has 0 atom stereocenters. The lowest BCUT2D eigenvalue weighted by atomic mass is 10.3.